The Kier molecular flexibility index (Phi) is 11.0. The number of fused-ring (bicyclic) bond motifs is 6. The molecular weight excluding hydrogens is 875 g/mol. The fraction of sp³-hybridized carbons (Fsp3) is 0.239. The fourth-order valence-electron chi connectivity index (χ4n) is 10.4. The highest BCUT2D eigenvalue weighted by Gasteiger charge is 2.26. The Morgan fingerprint density at radius 1 is 0.278 bits per heavy atom. The third-order valence-corrected chi connectivity index (χ3v) is 14.6. The second-order valence-corrected chi connectivity index (χ2v) is 23.9. The van der Waals surface area contributed by atoms with E-state index in [0.29, 0.717) is 17.5 Å². The Morgan fingerprint density at radius 2 is 0.611 bits per heavy atom. The van der Waals surface area contributed by atoms with Gasteiger partial charge in [-0.1, -0.05) is 192 Å². The molecule has 3 aromatic heterocycles. The SMILES string of the molecule is CC(C)(C)c1ccc2c(c1)c1cc(C(C)(C)C)ccc1n2-c1ccccc1-c1ccc(-n2c3ccc(C(C)(C)C)cc3c3cc(C(C)(C)C)ccc32)c(-c2nc(-c3ccccc3)nc(-c3ccccc3)n2)c1. The van der Waals surface area contributed by atoms with Crippen molar-refractivity contribution < 1.29 is 0 Å². The largest absolute Gasteiger partial charge is 0.309 e. The lowest BCUT2D eigenvalue weighted by Crippen LogP contribution is -2.10. The molecule has 0 saturated heterocycles. The second-order valence-electron chi connectivity index (χ2n) is 23.9. The topological polar surface area (TPSA) is 48.5 Å². The molecule has 8 aromatic carbocycles. The zero-order valence-corrected chi connectivity index (χ0v) is 44.0. The van der Waals surface area contributed by atoms with Crippen molar-refractivity contribution in [2.24, 2.45) is 0 Å². The predicted molar refractivity (Wildman–Crippen MR) is 305 cm³/mol. The van der Waals surface area contributed by atoms with Gasteiger partial charge in [0.1, 0.15) is 0 Å². The number of aromatic nitrogens is 5. The molecule has 0 aliphatic carbocycles. The zero-order chi connectivity index (χ0) is 50.5. The third kappa shape index (κ3) is 8.29. The first-order valence-electron chi connectivity index (χ1n) is 25.5. The highest BCUT2D eigenvalue weighted by Crippen LogP contribution is 2.44. The summed E-state index contributed by atoms with van der Waals surface area (Å²) in [5.41, 5.74) is 16.8. The van der Waals surface area contributed by atoms with Gasteiger partial charge in [-0.25, -0.2) is 15.0 Å². The van der Waals surface area contributed by atoms with E-state index >= 15 is 0 Å². The normalized spacial score (nSPS) is 12.7. The van der Waals surface area contributed by atoms with E-state index in [4.69, 9.17) is 15.0 Å². The fourth-order valence-corrected chi connectivity index (χ4v) is 10.4. The summed E-state index contributed by atoms with van der Waals surface area (Å²) in [6.07, 6.45) is 0. The van der Waals surface area contributed by atoms with Gasteiger partial charge in [-0.2, -0.15) is 0 Å². The number of hydrogen-bond acceptors (Lipinski definition) is 3. The average molecular weight is 940 g/mol. The van der Waals surface area contributed by atoms with Gasteiger partial charge in [0.25, 0.3) is 0 Å². The van der Waals surface area contributed by atoms with Gasteiger partial charge in [-0.05, 0) is 116 Å². The molecule has 0 saturated carbocycles. The molecule has 0 radical (unpaired) electrons. The van der Waals surface area contributed by atoms with E-state index in [2.05, 4.69) is 232 Å². The third-order valence-electron chi connectivity index (χ3n) is 14.6. The summed E-state index contributed by atoms with van der Waals surface area (Å²) in [7, 11) is 0. The molecule has 0 atom stereocenters. The van der Waals surface area contributed by atoms with E-state index in [0.717, 1.165) is 50.2 Å². The molecule has 5 nitrogen and oxygen atoms in total. The highest BCUT2D eigenvalue weighted by atomic mass is 15.1. The maximum absolute atomic E-state index is 5.43. The van der Waals surface area contributed by atoms with Crippen LogP contribution in [0.15, 0.2) is 176 Å². The van der Waals surface area contributed by atoms with Crippen molar-refractivity contribution in [3.63, 3.8) is 0 Å². The van der Waals surface area contributed by atoms with Crippen LogP contribution in [0.5, 0.6) is 0 Å². The van der Waals surface area contributed by atoms with Crippen molar-refractivity contribution in [1.29, 1.82) is 0 Å². The van der Waals surface area contributed by atoms with Gasteiger partial charge in [0.15, 0.2) is 17.5 Å². The monoisotopic (exact) mass is 940 g/mol. The van der Waals surface area contributed by atoms with Gasteiger partial charge in [-0.3, -0.25) is 0 Å². The van der Waals surface area contributed by atoms with Gasteiger partial charge in [-0.15, -0.1) is 0 Å². The number of benzene rings is 8. The Labute approximate surface area is 425 Å². The Balaban J connectivity index is 1.22. The van der Waals surface area contributed by atoms with E-state index in [1.165, 1.54) is 54.8 Å². The van der Waals surface area contributed by atoms with Crippen molar-refractivity contribution in [2.75, 3.05) is 0 Å². The van der Waals surface area contributed by atoms with E-state index in [9.17, 15) is 0 Å². The number of rotatable bonds is 6. The quantitative estimate of drug-likeness (QED) is 0.167. The molecule has 0 bridgehead atoms. The summed E-state index contributed by atoms with van der Waals surface area (Å²) in [5, 5.41) is 4.98. The van der Waals surface area contributed by atoms with Gasteiger partial charge < -0.3 is 9.13 Å². The van der Waals surface area contributed by atoms with Gasteiger partial charge in [0.2, 0.25) is 0 Å². The van der Waals surface area contributed by atoms with E-state index in [1.54, 1.807) is 0 Å². The number of hydrogen-bond donors (Lipinski definition) is 0. The average Bonchev–Trinajstić information content (AvgIpc) is 3.87. The molecule has 0 aliphatic rings. The summed E-state index contributed by atoms with van der Waals surface area (Å²) >= 11 is 0. The summed E-state index contributed by atoms with van der Waals surface area (Å²) in [6.45, 7) is 27.6. The smallest absolute Gasteiger partial charge is 0.166 e. The van der Waals surface area contributed by atoms with E-state index < -0.39 is 0 Å². The van der Waals surface area contributed by atoms with Crippen LogP contribution in [0.25, 0.3) is 100 Å². The summed E-state index contributed by atoms with van der Waals surface area (Å²) in [6, 6.07) is 64.5. The van der Waals surface area contributed by atoms with Crippen LogP contribution in [0.4, 0.5) is 0 Å². The predicted octanol–water partition coefficient (Wildman–Crippen LogP) is 17.9. The minimum atomic E-state index is -0.0306. The lowest BCUT2D eigenvalue weighted by molar-refractivity contribution is 0.590. The van der Waals surface area contributed by atoms with Crippen molar-refractivity contribution in [2.45, 2.75) is 105 Å². The van der Waals surface area contributed by atoms with Crippen LogP contribution in [-0.2, 0) is 21.7 Å². The van der Waals surface area contributed by atoms with Crippen molar-refractivity contribution in [3.05, 3.63) is 198 Å². The molecule has 11 rings (SSSR count). The van der Waals surface area contributed by atoms with Gasteiger partial charge >= 0.3 is 0 Å². The van der Waals surface area contributed by atoms with Crippen LogP contribution < -0.4 is 0 Å². The van der Waals surface area contributed by atoms with Crippen molar-refractivity contribution in [3.8, 4) is 56.7 Å². The summed E-state index contributed by atoms with van der Waals surface area (Å²) < 4.78 is 4.91. The van der Waals surface area contributed by atoms with E-state index in [1.807, 2.05) is 36.4 Å². The van der Waals surface area contributed by atoms with Crippen LogP contribution in [0.3, 0.4) is 0 Å². The molecule has 5 heteroatoms. The second kappa shape index (κ2) is 17.0. The first-order valence-corrected chi connectivity index (χ1v) is 25.5. The van der Waals surface area contributed by atoms with Crippen LogP contribution in [-0.4, -0.2) is 24.1 Å². The first kappa shape index (κ1) is 46.7. The van der Waals surface area contributed by atoms with Gasteiger partial charge in [0.05, 0.1) is 33.4 Å². The number of para-hydroxylation sites is 1. The highest BCUT2D eigenvalue weighted by molar-refractivity contribution is 6.12. The Morgan fingerprint density at radius 3 is 0.986 bits per heavy atom. The van der Waals surface area contributed by atoms with E-state index in [-0.39, 0.29) is 21.7 Å². The van der Waals surface area contributed by atoms with Crippen LogP contribution in [0.2, 0.25) is 0 Å². The molecule has 358 valence electrons. The van der Waals surface area contributed by atoms with Crippen LogP contribution in [0.1, 0.15) is 105 Å². The molecule has 0 fully saturated rings. The number of nitrogens with zero attached hydrogens (tertiary/aromatic N) is 5. The Bertz CT molecular complexity index is 3680. The summed E-state index contributed by atoms with van der Waals surface area (Å²) in [4.78, 5) is 16.0. The minimum Gasteiger partial charge on any atom is -0.309 e. The molecule has 72 heavy (non-hydrogen) atoms. The van der Waals surface area contributed by atoms with Crippen LogP contribution in [0, 0.1) is 0 Å². The molecule has 3 heterocycles. The van der Waals surface area contributed by atoms with Crippen molar-refractivity contribution >= 4 is 43.6 Å². The maximum atomic E-state index is 5.43. The standard InChI is InChI=1S/C67H65N5/c1-64(2,3)45-28-33-56-50(38-45)51-39-46(65(4,5)6)29-34-57(51)71(56)55-26-20-19-25-49(55)44-27-32-60(54(37-44)63-69-61(42-21-15-13-16-22-42)68-62(70-63)43-23-17-14-18-24-43)72-58-35-30-47(66(7,8)9)40-52(58)53-41-48(67(10,11)12)31-36-59(53)72/h13-41H,1-12H3. The molecule has 0 amide bonds. The molecular formula is C67H65N5. The molecule has 0 unspecified atom stereocenters. The molecule has 0 spiro atoms. The van der Waals surface area contributed by atoms with Gasteiger partial charge in [0, 0.05) is 43.8 Å². The minimum absolute atomic E-state index is 0.00375. The molecule has 11 aromatic rings. The maximum Gasteiger partial charge on any atom is 0.166 e. The zero-order valence-electron chi connectivity index (χ0n) is 44.0. The van der Waals surface area contributed by atoms with Crippen LogP contribution >= 0.6 is 0 Å². The lowest BCUT2D eigenvalue weighted by atomic mass is 9.85. The van der Waals surface area contributed by atoms with Crippen molar-refractivity contribution in [1.82, 2.24) is 24.1 Å². The Hall–Kier alpha value is -7.63. The molecule has 0 aliphatic heterocycles. The molecule has 0 N–H and O–H groups in total. The summed E-state index contributed by atoms with van der Waals surface area (Å²) in [5.74, 6) is 1.85. The lowest BCUT2D eigenvalue weighted by Gasteiger charge is -2.20. The first-order chi connectivity index (χ1) is 34.2.